The summed E-state index contributed by atoms with van der Waals surface area (Å²) in [5.74, 6) is -0.0332. The molecular formula is C11H21NO4S. The van der Waals surface area contributed by atoms with Crippen LogP contribution in [0.5, 0.6) is 0 Å². The van der Waals surface area contributed by atoms with Crippen molar-refractivity contribution >= 4 is 15.8 Å². The van der Waals surface area contributed by atoms with Crippen LogP contribution in [0.25, 0.3) is 0 Å². The van der Waals surface area contributed by atoms with Gasteiger partial charge in [-0.15, -0.1) is 0 Å². The summed E-state index contributed by atoms with van der Waals surface area (Å²) in [4.78, 5) is 11.2. The molecule has 6 heteroatoms. The summed E-state index contributed by atoms with van der Waals surface area (Å²) < 4.78 is 27.9. The normalized spacial score (nSPS) is 22.5. The van der Waals surface area contributed by atoms with Crippen molar-refractivity contribution in [3.8, 4) is 0 Å². The maximum Gasteiger partial charge on any atom is 0.319 e. The first kappa shape index (κ1) is 14.4. The van der Waals surface area contributed by atoms with Gasteiger partial charge >= 0.3 is 5.97 Å². The summed E-state index contributed by atoms with van der Waals surface area (Å²) in [6.45, 7) is 2.91. The van der Waals surface area contributed by atoms with Gasteiger partial charge in [0.15, 0.2) is 9.84 Å². The summed E-state index contributed by atoms with van der Waals surface area (Å²) in [7, 11) is -2.92. The number of ether oxygens (including phenoxy) is 1. The Morgan fingerprint density at radius 2 is 2.24 bits per heavy atom. The number of nitrogens with one attached hydrogen (secondary N) is 1. The second-order valence-electron chi connectivity index (χ2n) is 4.34. The van der Waals surface area contributed by atoms with E-state index >= 15 is 0 Å². The Balaban J connectivity index is 2.13. The minimum atomic E-state index is -2.92. The van der Waals surface area contributed by atoms with E-state index in [1.54, 1.807) is 0 Å². The number of hydrogen-bond donors (Lipinski definition) is 1. The minimum absolute atomic E-state index is 0.0930. The van der Waals surface area contributed by atoms with Gasteiger partial charge < -0.3 is 10.1 Å². The highest BCUT2D eigenvalue weighted by atomic mass is 32.2. The lowest BCUT2D eigenvalue weighted by Crippen LogP contribution is -2.34. The van der Waals surface area contributed by atoms with Crippen LogP contribution in [0.1, 0.15) is 32.6 Å². The fraction of sp³-hybridized carbons (Fsp3) is 0.909. The third-order valence-corrected chi connectivity index (χ3v) is 5.14. The van der Waals surface area contributed by atoms with Gasteiger partial charge in [0.25, 0.3) is 0 Å². The fourth-order valence-electron chi connectivity index (χ4n) is 1.80. The van der Waals surface area contributed by atoms with E-state index in [4.69, 9.17) is 4.74 Å². The van der Waals surface area contributed by atoms with Gasteiger partial charge in [-0.1, -0.05) is 13.3 Å². The number of sulfone groups is 1. The third kappa shape index (κ3) is 5.04. The molecule has 17 heavy (non-hydrogen) atoms. The average molecular weight is 263 g/mol. The average Bonchev–Trinajstić information content (AvgIpc) is 2.59. The molecule has 0 amide bonds. The predicted octanol–water partition coefficient (Wildman–Crippen LogP) is 0.496. The highest BCUT2D eigenvalue weighted by Crippen LogP contribution is 2.18. The van der Waals surface area contributed by atoms with Crippen molar-refractivity contribution in [3.63, 3.8) is 0 Å². The van der Waals surface area contributed by atoms with Crippen LogP contribution in [-0.2, 0) is 19.4 Å². The van der Waals surface area contributed by atoms with Crippen LogP contribution in [-0.4, -0.2) is 45.1 Å². The number of esters is 1. The first-order valence-corrected chi connectivity index (χ1v) is 7.85. The molecule has 1 aliphatic heterocycles. The first-order chi connectivity index (χ1) is 8.06. The zero-order valence-corrected chi connectivity index (χ0v) is 11.1. The van der Waals surface area contributed by atoms with Crippen LogP contribution in [0.2, 0.25) is 0 Å². The van der Waals surface area contributed by atoms with Gasteiger partial charge in [0, 0.05) is 6.54 Å². The van der Waals surface area contributed by atoms with Crippen molar-refractivity contribution in [1.29, 1.82) is 0 Å². The molecule has 1 N–H and O–H groups in total. The lowest BCUT2D eigenvalue weighted by Gasteiger charge is -2.10. The second-order valence-corrected chi connectivity index (χ2v) is 6.74. The van der Waals surface area contributed by atoms with E-state index in [1.165, 1.54) is 0 Å². The summed E-state index contributed by atoms with van der Waals surface area (Å²) >= 11 is 0. The molecule has 0 radical (unpaired) electrons. The van der Waals surface area contributed by atoms with E-state index < -0.39 is 9.84 Å². The molecule has 0 aromatic rings. The number of hydrogen-bond acceptors (Lipinski definition) is 5. The summed E-state index contributed by atoms with van der Waals surface area (Å²) in [5.41, 5.74) is 0. The van der Waals surface area contributed by atoms with Gasteiger partial charge in [-0.05, 0) is 19.3 Å². The van der Waals surface area contributed by atoms with Crippen molar-refractivity contribution in [3.05, 3.63) is 0 Å². The van der Waals surface area contributed by atoms with Crippen LogP contribution in [0.4, 0.5) is 0 Å². The highest BCUT2D eigenvalue weighted by molar-refractivity contribution is 7.92. The molecule has 1 rings (SSSR count). The topological polar surface area (TPSA) is 72.5 Å². The van der Waals surface area contributed by atoms with Crippen molar-refractivity contribution in [2.75, 3.05) is 25.4 Å². The molecule has 5 nitrogen and oxygen atoms in total. The van der Waals surface area contributed by atoms with E-state index in [1.807, 2.05) is 6.92 Å². The lowest BCUT2D eigenvalue weighted by molar-refractivity contribution is -0.142. The van der Waals surface area contributed by atoms with E-state index in [9.17, 15) is 13.2 Å². The molecule has 0 saturated carbocycles. The van der Waals surface area contributed by atoms with Gasteiger partial charge in [-0.2, -0.15) is 0 Å². The lowest BCUT2D eigenvalue weighted by atomic mass is 10.2. The highest BCUT2D eigenvalue weighted by Gasteiger charge is 2.30. The van der Waals surface area contributed by atoms with Crippen LogP contribution in [0, 0.1) is 0 Å². The zero-order valence-electron chi connectivity index (χ0n) is 10.3. The Kier molecular flexibility index (Phi) is 5.91. The Morgan fingerprint density at radius 3 is 2.82 bits per heavy atom. The Bertz CT molecular complexity index is 339. The molecule has 1 atom stereocenters. The molecule has 1 fully saturated rings. The molecular weight excluding hydrogens is 242 g/mol. The third-order valence-electron chi connectivity index (χ3n) is 2.87. The van der Waals surface area contributed by atoms with Gasteiger partial charge in [0.1, 0.15) is 0 Å². The van der Waals surface area contributed by atoms with Crippen molar-refractivity contribution < 1.29 is 17.9 Å². The Hall–Kier alpha value is -0.620. The van der Waals surface area contributed by atoms with E-state index in [-0.39, 0.29) is 23.5 Å². The Labute approximate surface area is 103 Å². The molecule has 1 saturated heterocycles. The van der Waals surface area contributed by atoms with Crippen LogP contribution >= 0.6 is 0 Å². The van der Waals surface area contributed by atoms with E-state index in [0.29, 0.717) is 19.6 Å². The van der Waals surface area contributed by atoms with E-state index in [2.05, 4.69) is 5.32 Å². The smallest absolute Gasteiger partial charge is 0.319 e. The molecule has 0 aromatic carbocycles. The molecule has 100 valence electrons. The molecule has 0 spiro atoms. The van der Waals surface area contributed by atoms with Crippen molar-refractivity contribution in [1.82, 2.24) is 5.32 Å². The molecule has 1 aliphatic rings. The number of unbranched alkanes of at least 4 members (excludes halogenated alkanes) is 1. The fourth-order valence-corrected chi connectivity index (χ4v) is 3.60. The van der Waals surface area contributed by atoms with Crippen molar-refractivity contribution in [2.45, 2.75) is 37.9 Å². The maximum absolute atomic E-state index is 11.5. The standard InChI is InChI=1S/C11H21NO4S/c1-2-3-6-16-11(13)9-12-8-10-5-4-7-17(10,14)15/h10,12H,2-9H2,1H3. The molecule has 0 aromatic heterocycles. The van der Waals surface area contributed by atoms with Crippen LogP contribution in [0.15, 0.2) is 0 Å². The molecule has 0 aliphatic carbocycles. The van der Waals surface area contributed by atoms with Gasteiger partial charge in [0.2, 0.25) is 0 Å². The second kappa shape index (κ2) is 6.96. The summed E-state index contributed by atoms with van der Waals surface area (Å²) in [6.07, 6.45) is 3.28. The van der Waals surface area contributed by atoms with Gasteiger partial charge in [-0.25, -0.2) is 8.42 Å². The molecule has 0 bridgehead atoms. The number of carbonyl (C=O) groups is 1. The Morgan fingerprint density at radius 1 is 1.47 bits per heavy atom. The van der Waals surface area contributed by atoms with E-state index in [0.717, 1.165) is 19.3 Å². The summed E-state index contributed by atoms with van der Waals surface area (Å²) in [5, 5.41) is 2.53. The van der Waals surface area contributed by atoms with Crippen LogP contribution in [0.3, 0.4) is 0 Å². The molecule has 1 unspecified atom stereocenters. The first-order valence-electron chi connectivity index (χ1n) is 6.14. The molecule has 1 heterocycles. The zero-order chi connectivity index (χ0) is 12.7. The monoisotopic (exact) mass is 263 g/mol. The predicted molar refractivity (Wildman–Crippen MR) is 65.5 cm³/mol. The largest absolute Gasteiger partial charge is 0.465 e. The number of carbonyl (C=O) groups excluding carboxylic acids is 1. The van der Waals surface area contributed by atoms with Crippen LogP contribution < -0.4 is 5.32 Å². The summed E-state index contributed by atoms with van der Waals surface area (Å²) in [6, 6.07) is 0. The SMILES string of the molecule is CCCCOC(=O)CNCC1CCCS1(=O)=O. The van der Waals surface area contributed by atoms with Crippen molar-refractivity contribution in [2.24, 2.45) is 0 Å². The van der Waals surface area contributed by atoms with Gasteiger partial charge in [0.05, 0.1) is 24.2 Å². The van der Waals surface area contributed by atoms with Gasteiger partial charge in [-0.3, -0.25) is 4.79 Å². The minimum Gasteiger partial charge on any atom is -0.465 e. The number of rotatable bonds is 7. The maximum atomic E-state index is 11.5. The quantitative estimate of drug-likeness (QED) is 0.535.